The molecule has 0 radical (unpaired) electrons. The highest BCUT2D eigenvalue weighted by atomic mass is 16.6. The fraction of sp³-hybridized carbons (Fsp3) is 0.290. The Balaban J connectivity index is 1.66. The van der Waals surface area contributed by atoms with Gasteiger partial charge in [-0.2, -0.15) is 5.26 Å². The molecule has 2 aromatic carbocycles. The molecule has 0 aliphatic heterocycles. The molecular formula is C31H31N5O3. The normalized spacial score (nSPS) is 16.8. The molecule has 1 unspecified atom stereocenters. The lowest BCUT2D eigenvalue weighted by Gasteiger charge is -2.29. The summed E-state index contributed by atoms with van der Waals surface area (Å²) in [4.78, 5) is 22.6. The van der Waals surface area contributed by atoms with Gasteiger partial charge in [0.25, 0.3) is 0 Å². The molecule has 2 N–H and O–H groups in total. The Labute approximate surface area is 227 Å². The van der Waals surface area contributed by atoms with Crippen LogP contribution in [0.3, 0.4) is 0 Å². The van der Waals surface area contributed by atoms with Crippen LogP contribution in [-0.4, -0.2) is 32.7 Å². The molecule has 5 rings (SSSR count). The fourth-order valence-corrected chi connectivity index (χ4v) is 5.13. The van der Waals surface area contributed by atoms with Crippen molar-refractivity contribution < 1.29 is 14.3 Å². The van der Waals surface area contributed by atoms with Crippen LogP contribution in [0.4, 0.5) is 0 Å². The summed E-state index contributed by atoms with van der Waals surface area (Å²) in [6.45, 7) is 8.49. The number of carbonyl (C=O) groups is 1. The Hall–Kier alpha value is -4.48. The van der Waals surface area contributed by atoms with Gasteiger partial charge in [-0.1, -0.05) is 49.4 Å². The monoisotopic (exact) mass is 521 g/mol. The first-order valence-corrected chi connectivity index (χ1v) is 12.9. The Bertz CT molecular complexity index is 1640. The van der Waals surface area contributed by atoms with E-state index in [1.165, 1.54) is 6.33 Å². The summed E-state index contributed by atoms with van der Waals surface area (Å²) in [5.74, 6) is -0.614. The standard InChI is InChI=1S/C31H31N5O3/c1-5-15-38-19-36-14-13-23-27(34-18-35-28(23)36)20-9-8-10-21(16-20)31(17-32)24-12-7-6-11-22(24)26(33)25(31)29(37)39-30(2,3)4/h6-14,16,18H,5,15,19,33H2,1-4H3. The molecule has 39 heavy (non-hydrogen) atoms. The number of esters is 1. The van der Waals surface area contributed by atoms with E-state index >= 15 is 0 Å². The van der Waals surface area contributed by atoms with Crippen molar-refractivity contribution in [2.24, 2.45) is 5.73 Å². The van der Waals surface area contributed by atoms with Crippen molar-refractivity contribution in [1.29, 1.82) is 5.26 Å². The average Bonchev–Trinajstić information content (AvgIpc) is 3.45. The largest absolute Gasteiger partial charge is 0.456 e. The maximum Gasteiger partial charge on any atom is 0.339 e. The molecule has 0 saturated heterocycles. The fourth-order valence-electron chi connectivity index (χ4n) is 5.13. The Kier molecular flexibility index (Phi) is 6.71. The molecule has 0 spiro atoms. The van der Waals surface area contributed by atoms with Crippen molar-refractivity contribution in [3.05, 3.63) is 89.4 Å². The summed E-state index contributed by atoms with van der Waals surface area (Å²) in [6.07, 6.45) is 4.38. The van der Waals surface area contributed by atoms with E-state index in [2.05, 4.69) is 23.0 Å². The van der Waals surface area contributed by atoms with Crippen LogP contribution >= 0.6 is 0 Å². The summed E-state index contributed by atoms with van der Waals surface area (Å²) >= 11 is 0. The average molecular weight is 522 g/mol. The van der Waals surface area contributed by atoms with Gasteiger partial charge >= 0.3 is 5.97 Å². The second-order valence-electron chi connectivity index (χ2n) is 10.6. The van der Waals surface area contributed by atoms with Crippen LogP contribution in [0.5, 0.6) is 0 Å². The minimum atomic E-state index is -1.45. The number of aromatic nitrogens is 3. The summed E-state index contributed by atoms with van der Waals surface area (Å²) in [7, 11) is 0. The number of rotatable bonds is 7. The van der Waals surface area contributed by atoms with Gasteiger partial charge in [-0.15, -0.1) is 0 Å². The zero-order valence-corrected chi connectivity index (χ0v) is 22.6. The Morgan fingerprint density at radius 2 is 1.92 bits per heavy atom. The van der Waals surface area contributed by atoms with Crippen LogP contribution in [-0.2, 0) is 26.4 Å². The quantitative estimate of drug-likeness (QED) is 0.258. The minimum Gasteiger partial charge on any atom is -0.456 e. The molecule has 198 valence electrons. The van der Waals surface area contributed by atoms with Gasteiger partial charge in [0.2, 0.25) is 0 Å². The molecule has 0 fully saturated rings. The van der Waals surface area contributed by atoms with Gasteiger partial charge in [0.15, 0.2) is 0 Å². The first-order chi connectivity index (χ1) is 18.7. The Morgan fingerprint density at radius 1 is 1.13 bits per heavy atom. The smallest absolute Gasteiger partial charge is 0.339 e. The van der Waals surface area contributed by atoms with Crippen LogP contribution in [0, 0.1) is 11.3 Å². The van der Waals surface area contributed by atoms with Crippen molar-refractivity contribution in [1.82, 2.24) is 14.5 Å². The molecule has 2 aromatic heterocycles. The van der Waals surface area contributed by atoms with E-state index in [9.17, 15) is 10.1 Å². The second kappa shape index (κ2) is 10.0. The lowest BCUT2D eigenvalue weighted by molar-refractivity contribution is -0.150. The highest BCUT2D eigenvalue weighted by molar-refractivity contribution is 6.06. The Morgan fingerprint density at radius 3 is 2.67 bits per heavy atom. The van der Waals surface area contributed by atoms with E-state index in [1.807, 2.05) is 65.4 Å². The molecular weight excluding hydrogens is 490 g/mol. The summed E-state index contributed by atoms with van der Waals surface area (Å²) in [5.41, 5.74) is 8.89. The number of hydrogen-bond acceptors (Lipinski definition) is 7. The molecule has 4 aromatic rings. The van der Waals surface area contributed by atoms with Gasteiger partial charge in [0.1, 0.15) is 29.7 Å². The van der Waals surface area contributed by atoms with Gasteiger partial charge in [0, 0.05) is 29.3 Å². The third-order valence-corrected chi connectivity index (χ3v) is 6.74. The molecule has 1 aliphatic carbocycles. The topological polar surface area (TPSA) is 116 Å². The predicted octanol–water partition coefficient (Wildman–Crippen LogP) is 5.32. The molecule has 0 bridgehead atoms. The molecule has 2 heterocycles. The zero-order valence-electron chi connectivity index (χ0n) is 22.6. The number of ether oxygens (including phenoxy) is 2. The van der Waals surface area contributed by atoms with E-state index in [0.29, 0.717) is 35.7 Å². The highest BCUT2D eigenvalue weighted by Gasteiger charge is 2.51. The van der Waals surface area contributed by atoms with Crippen molar-refractivity contribution in [2.75, 3.05) is 6.61 Å². The molecule has 1 aliphatic rings. The molecule has 0 saturated carbocycles. The number of hydrogen-bond donors (Lipinski definition) is 1. The number of benzene rings is 2. The SMILES string of the molecule is CCCOCn1ccc2c(-c3cccc(C4(C#N)C(C(=O)OC(C)(C)C)=C(N)c5ccccc54)c3)ncnc21. The van der Waals surface area contributed by atoms with Crippen LogP contribution in [0.2, 0.25) is 0 Å². The van der Waals surface area contributed by atoms with Crippen molar-refractivity contribution in [2.45, 2.75) is 51.9 Å². The minimum absolute atomic E-state index is 0.130. The van der Waals surface area contributed by atoms with Crippen LogP contribution in [0.15, 0.2) is 72.7 Å². The molecule has 1 atom stereocenters. The molecule has 0 amide bonds. The number of carbonyl (C=O) groups excluding carboxylic acids is 1. The maximum atomic E-state index is 13.6. The van der Waals surface area contributed by atoms with E-state index < -0.39 is 17.0 Å². The summed E-state index contributed by atoms with van der Waals surface area (Å²) in [6, 6.07) is 19.3. The number of nitriles is 1. The number of nitrogens with two attached hydrogens (primary N) is 1. The third-order valence-electron chi connectivity index (χ3n) is 6.74. The molecule has 8 heteroatoms. The first-order valence-electron chi connectivity index (χ1n) is 12.9. The van der Waals surface area contributed by atoms with Crippen LogP contribution in [0.25, 0.3) is 28.0 Å². The van der Waals surface area contributed by atoms with Gasteiger partial charge in [-0.25, -0.2) is 14.8 Å². The molecule has 8 nitrogen and oxygen atoms in total. The number of fused-ring (bicyclic) bond motifs is 2. The van der Waals surface area contributed by atoms with Crippen LogP contribution in [0.1, 0.15) is 50.8 Å². The van der Waals surface area contributed by atoms with Crippen molar-refractivity contribution in [3.63, 3.8) is 0 Å². The first kappa shape index (κ1) is 26.1. The second-order valence-corrected chi connectivity index (χ2v) is 10.6. The van der Waals surface area contributed by atoms with Gasteiger partial charge < -0.3 is 19.8 Å². The van der Waals surface area contributed by atoms with E-state index in [0.717, 1.165) is 23.0 Å². The lowest BCUT2D eigenvalue weighted by Crippen LogP contribution is -2.35. The van der Waals surface area contributed by atoms with Gasteiger partial charge in [0.05, 0.1) is 23.0 Å². The van der Waals surface area contributed by atoms with E-state index in [1.54, 1.807) is 20.8 Å². The zero-order chi connectivity index (χ0) is 27.8. The van der Waals surface area contributed by atoms with Gasteiger partial charge in [-0.05, 0) is 50.5 Å². The number of nitrogens with zero attached hydrogens (tertiary/aromatic N) is 4. The van der Waals surface area contributed by atoms with Crippen molar-refractivity contribution >= 4 is 22.7 Å². The third kappa shape index (κ3) is 4.45. The van der Waals surface area contributed by atoms with Gasteiger partial charge in [-0.3, -0.25) is 0 Å². The van der Waals surface area contributed by atoms with E-state index in [4.69, 9.17) is 15.2 Å². The summed E-state index contributed by atoms with van der Waals surface area (Å²) in [5, 5.41) is 11.7. The maximum absolute atomic E-state index is 13.6. The highest BCUT2D eigenvalue weighted by Crippen LogP contribution is 2.50. The summed E-state index contributed by atoms with van der Waals surface area (Å²) < 4.78 is 13.4. The predicted molar refractivity (Wildman–Crippen MR) is 149 cm³/mol. The van der Waals surface area contributed by atoms with E-state index in [-0.39, 0.29) is 11.3 Å². The van der Waals surface area contributed by atoms with Crippen LogP contribution < -0.4 is 5.73 Å². The lowest BCUT2D eigenvalue weighted by atomic mass is 9.72. The van der Waals surface area contributed by atoms with Crippen molar-refractivity contribution in [3.8, 4) is 17.3 Å².